The molecule has 4 rings (SSSR count). The van der Waals surface area contributed by atoms with Crippen LogP contribution in [0.25, 0.3) is 0 Å². The molecular weight excluding hydrogens is 411 g/mol. The maximum atomic E-state index is 13.6. The Hall–Kier alpha value is -3.72. The first kappa shape index (κ1) is 21.5. The van der Waals surface area contributed by atoms with Crippen molar-refractivity contribution in [2.45, 2.75) is 13.8 Å². The second-order valence-corrected chi connectivity index (χ2v) is 7.50. The molecular formula is C23H25FN6O2. The number of nitrogens with zero attached hydrogens (tertiary/aromatic N) is 3. The summed E-state index contributed by atoms with van der Waals surface area (Å²) in [5.41, 5.74) is 2.34. The van der Waals surface area contributed by atoms with E-state index in [4.69, 9.17) is 4.74 Å². The molecule has 2 heterocycles. The molecule has 3 N–H and O–H groups in total. The number of hydrogen-bond donors (Lipinski definition) is 3. The lowest BCUT2D eigenvalue weighted by Crippen LogP contribution is -2.36. The molecule has 0 bridgehead atoms. The molecule has 0 unspecified atom stereocenters. The Kier molecular flexibility index (Phi) is 6.46. The van der Waals surface area contributed by atoms with Gasteiger partial charge < -0.3 is 25.6 Å². The molecule has 32 heavy (non-hydrogen) atoms. The largest absolute Gasteiger partial charge is 0.378 e. The lowest BCUT2D eigenvalue weighted by molar-refractivity contribution is 0.122. The summed E-state index contributed by atoms with van der Waals surface area (Å²) >= 11 is 0. The molecule has 0 saturated carbocycles. The summed E-state index contributed by atoms with van der Waals surface area (Å²) in [4.78, 5) is 23.4. The second-order valence-electron chi connectivity index (χ2n) is 7.50. The minimum Gasteiger partial charge on any atom is -0.378 e. The topological polar surface area (TPSA) is 91.4 Å². The van der Waals surface area contributed by atoms with E-state index in [2.05, 4.69) is 30.8 Å². The highest BCUT2D eigenvalue weighted by Crippen LogP contribution is 2.22. The molecule has 1 aliphatic heterocycles. The molecule has 1 fully saturated rings. The number of benzene rings is 2. The first-order valence-electron chi connectivity index (χ1n) is 10.4. The Labute approximate surface area is 185 Å². The molecule has 1 aromatic heterocycles. The number of carbonyl (C=O) groups is 1. The number of rotatable bonds is 5. The number of hydrogen-bond acceptors (Lipinski definition) is 6. The molecule has 1 aliphatic rings. The number of anilines is 5. The molecule has 9 heteroatoms. The maximum Gasteiger partial charge on any atom is 0.323 e. The summed E-state index contributed by atoms with van der Waals surface area (Å²) in [7, 11) is 0. The Morgan fingerprint density at radius 1 is 0.938 bits per heavy atom. The van der Waals surface area contributed by atoms with Gasteiger partial charge in [0, 0.05) is 36.2 Å². The van der Waals surface area contributed by atoms with E-state index < -0.39 is 6.03 Å². The lowest BCUT2D eigenvalue weighted by atomic mass is 10.2. The van der Waals surface area contributed by atoms with Gasteiger partial charge in [-0.1, -0.05) is 6.07 Å². The summed E-state index contributed by atoms with van der Waals surface area (Å²) in [6.07, 6.45) is 0. The van der Waals surface area contributed by atoms with Gasteiger partial charge in [0.15, 0.2) is 0 Å². The molecule has 2 aromatic carbocycles. The highest BCUT2D eigenvalue weighted by atomic mass is 19.1. The van der Waals surface area contributed by atoms with Crippen LogP contribution in [-0.4, -0.2) is 42.3 Å². The molecule has 8 nitrogen and oxygen atoms in total. The molecule has 1 saturated heterocycles. The predicted molar refractivity (Wildman–Crippen MR) is 123 cm³/mol. The van der Waals surface area contributed by atoms with Crippen LogP contribution in [0.2, 0.25) is 0 Å². The fraction of sp³-hybridized carbons (Fsp3) is 0.261. The number of aromatic nitrogens is 2. The number of carbonyl (C=O) groups excluding carboxylic acids is 1. The highest BCUT2D eigenvalue weighted by Gasteiger charge is 2.14. The van der Waals surface area contributed by atoms with E-state index in [1.165, 1.54) is 6.07 Å². The summed E-state index contributed by atoms with van der Waals surface area (Å²) < 4.78 is 19.0. The Morgan fingerprint density at radius 2 is 1.59 bits per heavy atom. The lowest BCUT2D eigenvalue weighted by Gasteiger charge is -2.28. The third kappa shape index (κ3) is 5.50. The zero-order valence-electron chi connectivity index (χ0n) is 18.0. The third-order valence-electron chi connectivity index (χ3n) is 5.00. The molecule has 3 aromatic rings. The van der Waals surface area contributed by atoms with Crippen LogP contribution in [0.5, 0.6) is 0 Å². The van der Waals surface area contributed by atoms with Crippen LogP contribution in [0.4, 0.5) is 37.9 Å². The Morgan fingerprint density at radius 3 is 2.31 bits per heavy atom. The van der Waals surface area contributed by atoms with Crippen LogP contribution in [0.3, 0.4) is 0 Å². The van der Waals surface area contributed by atoms with E-state index in [1.54, 1.807) is 31.2 Å². The van der Waals surface area contributed by atoms with Gasteiger partial charge in [0.05, 0.1) is 13.2 Å². The molecule has 0 radical (unpaired) electrons. The number of amides is 2. The van der Waals surface area contributed by atoms with E-state index in [1.807, 2.05) is 25.1 Å². The van der Waals surface area contributed by atoms with E-state index in [0.29, 0.717) is 41.8 Å². The highest BCUT2D eigenvalue weighted by molar-refractivity contribution is 5.99. The van der Waals surface area contributed by atoms with Crippen molar-refractivity contribution in [1.82, 2.24) is 9.97 Å². The van der Waals surface area contributed by atoms with Crippen molar-refractivity contribution < 1.29 is 13.9 Å². The van der Waals surface area contributed by atoms with Crippen LogP contribution in [0.1, 0.15) is 11.4 Å². The summed E-state index contributed by atoms with van der Waals surface area (Å²) in [6, 6.07) is 13.2. The van der Waals surface area contributed by atoms with Gasteiger partial charge in [0.2, 0.25) is 0 Å². The van der Waals surface area contributed by atoms with Gasteiger partial charge in [-0.25, -0.2) is 19.2 Å². The fourth-order valence-electron chi connectivity index (χ4n) is 3.32. The normalized spacial score (nSPS) is 13.5. The SMILES string of the molecule is Cc1nc(Nc2ccc(NC(=O)Nc3ccc(C)c(F)c3)cc2)cc(N2CCOCC2)n1. The number of urea groups is 1. The van der Waals surface area contributed by atoms with Crippen molar-refractivity contribution in [1.29, 1.82) is 0 Å². The first-order valence-corrected chi connectivity index (χ1v) is 10.4. The van der Waals surface area contributed by atoms with E-state index in [-0.39, 0.29) is 5.82 Å². The minimum atomic E-state index is -0.449. The van der Waals surface area contributed by atoms with Gasteiger partial charge in [0.1, 0.15) is 23.3 Å². The molecule has 166 valence electrons. The molecule has 0 spiro atoms. The van der Waals surface area contributed by atoms with Crippen molar-refractivity contribution in [2.75, 3.05) is 47.2 Å². The fourth-order valence-corrected chi connectivity index (χ4v) is 3.32. The van der Waals surface area contributed by atoms with Gasteiger partial charge in [-0.15, -0.1) is 0 Å². The number of morpholine rings is 1. The standard InChI is InChI=1S/C23H25FN6O2/c1-15-3-4-19(13-20(15)24)29-23(31)28-18-7-5-17(6-8-18)27-21-14-22(26-16(2)25-21)30-9-11-32-12-10-30/h3-8,13-14H,9-12H2,1-2H3,(H,25,26,27)(H2,28,29,31). The third-order valence-corrected chi connectivity index (χ3v) is 5.00. The van der Waals surface area contributed by atoms with E-state index >= 15 is 0 Å². The van der Waals surface area contributed by atoms with Crippen LogP contribution in [0, 0.1) is 19.7 Å². The smallest absolute Gasteiger partial charge is 0.323 e. The van der Waals surface area contributed by atoms with Crippen LogP contribution >= 0.6 is 0 Å². The van der Waals surface area contributed by atoms with Crippen molar-refractivity contribution in [3.63, 3.8) is 0 Å². The second kappa shape index (κ2) is 9.61. The molecule has 0 atom stereocenters. The monoisotopic (exact) mass is 436 g/mol. The van der Waals surface area contributed by atoms with Crippen LogP contribution in [-0.2, 0) is 4.74 Å². The van der Waals surface area contributed by atoms with Crippen molar-refractivity contribution in [2.24, 2.45) is 0 Å². The molecule has 2 amide bonds. The van der Waals surface area contributed by atoms with Gasteiger partial charge in [-0.3, -0.25) is 0 Å². The quantitative estimate of drug-likeness (QED) is 0.547. The Balaban J connectivity index is 1.38. The number of nitrogens with one attached hydrogen (secondary N) is 3. The van der Waals surface area contributed by atoms with E-state index in [0.717, 1.165) is 24.6 Å². The van der Waals surface area contributed by atoms with Crippen molar-refractivity contribution in [3.05, 3.63) is 65.7 Å². The average Bonchev–Trinajstić information content (AvgIpc) is 2.78. The van der Waals surface area contributed by atoms with Crippen LogP contribution < -0.4 is 20.9 Å². The van der Waals surface area contributed by atoms with Gasteiger partial charge in [0.25, 0.3) is 0 Å². The maximum absolute atomic E-state index is 13.6. The number of ether oxygens (including phenoxy) is 1. The van der Waals surface area contributed by atoms with Gasteiger partial charge in [-0.05, 0) is 55.8 Å². The van der Waals surface area contributed by atoms with Crippen molar-refractivity contribution in [3.8, 4) is 0 Å². The zero-order valence-corrected chi connectivity index (χ0v) is 18.0. The Bertz CT molecular complexity index is 1100. The van der Waals surface area contributed by atoms with Gasteiger partial charge in [-0.2, -0.15) is 0 Å². The molecule has 0 aliphatic carbocycles. The zero-order chi connectivity index (χ0) is 22.5. The van der Waals surface area contributed by atoms with Gasteiger partial charge >= 0.3 is 6.03 Å². The summed E-state index contributed by atoms with van der Waals surface area (Å²) in [5.74, 6) is 1.87. The number of halogens is 1. The minimum absolute atomic E-state index is 0.366. The summed E-state index contributed by atoms with van der Waals surface area (Å²) in [6.45, 7) is 6.50. The van der Waals surface area contributed by atoms with Crippen molar-refractivity contribution >= 4 is 34.7 Å². The first-order chi connectivity index (χ1) is 15.5. The summed E-state index contributed by atoms with van der Waals surface area (Å²) in [5, 5.41) is 8.63. The van der Waals surface area contributed by atoms with Crippen LogP contribution in [0.15, 0.2) is 48.5 Å². The predicted octanol–water partition coefficient (Wildman–Crippen LogP) is 4.46. The van der Waals surface area contributed by atoms with E-state index in [9.17, 15) is 9.18 Å². The number of aryl methyl sites for hydroxylation is 2. The average molecular weight is 436 g/mol.